The van der Waals surface area contributed by atoms with Crippen LogP contribution in [-0.2, 0) is 0 Å². The van der Waals surface area contributed by atoms with Gasteiger partial charge in [0.1, 0.15) is 5.69 Å². The summed E-state index contributed by atoms with van der Waals surface area (Å²) in [5.41, 5.74) is 2.83. The Kier molecular flexibility index (Phi) is 4.08. The maximum atomic E-state index is 11.6. The van der Waals surface area contributed by atoms with Gasteiger partial charge in [0.2, 0.25) is 0 Å². The van der Waals surface area contributed by atoms with Gasteiger partial charge in [-0.15, -0.1) is 0 Å². The number of nitrogens with one attached hydrogen (secondary N) is 1. The molecule has 0 radical (unpaired) electrons. The first-order valence-corrected chi connectivity index (χ1v) is 7.44. The lowest BCUT2D eigenvalue weighted by Gasteiger charge is -2.11. The quantitative estimate of drug-likeness (QED) is 0.326. The third-order valence-corrected chi connectivity index (χ3v) is 3.80. The van der Waals surface area contributed by atoms with Crippen molar-refractivity contribution in [2.24, 2.45) is 0 Å². The Hall–Kier alpha value is -2.73. The Bertz CT molecular complexity index is 893. The van der Waals surface area contributed by atoms with E-state index < -0.39 is 0 Å². The molecule has 118 valence electrons. The number of anilines is 1. The Morgan fingerprint density at radius 2 is 2.09 bits per heavy atom. The van der Waals surface area contributed by atoms with Crippen LogP contribution in [0, 0.1) is 17.0 Å². The van der Waals surface area contributed by atoms with Crippen LogP contribution in [0.5, 0.6) is 0 Å². The molecule has 0 atom stereocenters. The van der Waals surface area contributed by atoms with E-state index in [9.17, 15) is 10.1 Å². The highest BCUT2D eigenvalue weighted by atomic mass is 16.6. The van der Waals surface area contributed by atoms with Crippen molar-refractivity contribution >= 4 is 33.2 Å². The second-order valence-corrected chi connectivity index (χ2v) is 5.43. The van der Waals surface area contributed by atoms with Gasteiger partial charge in [-0.2, -0.15) is 0 Å². The van der Waals surface area contributed by atoms with Gasteiger partial charge in [0, 0.05) is 18.5 Å². The molecular weight excluding hydrogens is 294 g/mol. The summed E-state index contributed by atoms with van der Waals surface area (Å²) in [6.07, 6.45) is 0.532. The van der Waals surface area contributed by atoms with Crippen LogP contribution in [-0.4, -0.2) is 28.2 Å². The van der Waals surface area contributed by atoms with Gasteiger partial charge in [-0.05, 0) is 37.1 Å². The highest BCUT2D eigenvalue weighted by molar-refractivity contribution is 6.02. The van der Waals surface area contributed by atoms with Gasteiger partial charge in [0.05, 0.1) is 21.3 Å². The van der Waals surface area contributed by atoms with Gasteiger partial charge < -0.3 is 10.4 Å². The minimum absolute atomic E-state index is 0.0294. The summed E-state index contributed by atoms with van der Waals surface area (Å²) in [5.74, 6) is 0. The Labute approximate surface area is 132 Å². The first-order valence-electron chi connectivity index (χ1n) is 7.44. The van der Waals surface area contributed by atoms with E-state index in [0.717, 1.165) is 16.5 Å². The number of fused-ring (bicyclic) bond motifs is 2. The van der Waals surface area contributed by atoms with Crippen molar-refractivity contribution < 1.29 is 10.0 Å². The fourth-order valence-electron chi connectivity index (χ4n) is 2.73. The largest absolute Gasteiger partial charge is 0.396 e. The SMILES string of the molecule is Cc1cc(NCCCO)c([N+](=O)[O-])c2cc3ccccc3nc12. The first-order chi connectivity index (χ1) is 11.1. The van der Waals surface area contributed by atoms with Gasteiger partial charge in [-0.1, -0.05) is 18.2 Å². The lowest BCUT2D eigenvalue weighted by molar-refractivity contribution is -0.382. The van der Waals surface area contributed by atoms with Gasteiger partial charge in [-0.3, -0.25) is 10.1 Å². The summed E-state index contributed by atoms with van der Waals surface area (Å²) in [4.78, 5) is 15.8. The molecule has 0 spiro atoms. The van der Waals surface area contributed by atoms with Crippen LogP contribution in [0.2, 0.25) is 0 Å². The lowest BCUT2D eigenvalue weighted by atomic mass is 10.0. The average molecular weight is 311 g/mol. The van der Waals surface area contributed by atoms with Crippen molar-refractivity contribution in [1.82, 2.24) is 4.98 Å². The summed E-state index contributed by atoms with van der Waals surface area (Å²) in [5, 5.41) is 24.9. The van der Waals surface area contributed by atoms with E-state index in [4.69, 9.17) is 5.11 Å². The molecule has 0 fully saturated rings. The fraction of sp³-hybridized carbons (Fsp3) is 0.235. The number of nitro groups is 1. The molecule has 2 aromatic carbocycles. The van der Waals surface area contributed by atoms with E-state index in [1.54, 1.807) is 6.07 Å². The molecule has 0 unspecified atom stereocenters. The van der Waals surface area contributed by atoms with Crippen molar-refractivity contribution in [1.29, 1.82) is 0 Å². The van der Waals surface area contributed by atoms with Crippen molar-refractivity contribution in [3.05, 3.63) is 52.1 Å². The van der Waals surface area contributed by atoms with Crippen molar-refractivity contribution in [3.63, 3.8) is 0 Å². The van der Waals surface area contributed by atoms with Crippen LogP contribution in [0.25, 0.3) is 21.8 Å². The zero-order chi connectivity index (χ0) is 16.4. The highest BCUT2D eigenvalue weighted by Gasteiger charge is 2.21. The van der Waals surface area contributed by atoms with Crippen LogP contribution < -0.4 is 5.32 Å². The number of aliphatic hydroxyl groups excluding tert-OH is 1. The Morgan fingerprint density at radius 3 is 2.83 bits per heavy atom. The molecule has 0 aliphatic heterocycles. The third-order valence-electron chi connectivity index (χ3n) is 3.80. The number of para-hydroxylation sites is 1. The van der Waals surface area contributed by atoms with E-state index in [0.29, 0.717) is 29.6 Å². The molecule has 0 bridgehead atoms. The number of hydrogen-bond donors (Lipinski definition) is 2. The zero-order valence-corrected chi connectivity index (χ0v) is 12.7. The van der Waals surface area contributed by atoms with E-state index in [2.05, 4.69) is 10.3 Å². The number of rotatable bonds is 5. The number of pyridine rings is 1. The topological polar surface area (TPSA) is 88.3 Å². The van der Waals surface area contributed by atoms with Crippen LogP contribution >= 0.6 is 0 Å². The third kappa shape index (κ3) is 2.80. The van der Waals surface area contributed by atoms with Gasteiger partial charge in [0.15, 0.2) is 0 Å². The average Bonchev–Trinajstić information content (AvgIpc) is 2.53. The molecule has 0 saturated heterocycles. The molecule has 1 aromatic heterocycles. The van der Waals surface area contributed by atoms with Crippen LogP contribution in [0.4, 0.5) is 11.4 Å². The molecule has 6 heteroatoms. The van der Waals surface area contributed by atoms with E-state index in [1.807, 2.05) is 37.3 Å². The predicted molar refractivity (Wildman–Crippen MR) is 90.8 cm³/mol. The molecule has 3 aromatic rings. The fourth-order valence-corrected chi connectivity index (χ4v) is 2.73. The maximum absolute atomic E-state index is 11.6. The summed E-state index contributed by atoms with van der Waals surface area (Å²) in [7, 11) is 0. The van der Waals surface area contributed by atoms with Gasteiger partial charge >= 0.3 is 5.69 Å². The second kappa shape index (κ2) is 6.18. The number of aliphatic hydroxyl groups is 1. The minimum atomic E-state index is -0.375. The number of nitrogens with zero attached hydrogens (tertiary/aromatic N) is 2. The molecular formula is C17H17N3O3. The molecule has 2 N–H and O–H groups in total. The maximum Gasteiger partial charge on any atom is 0.301 e. The predicted octanol–water partition coefficient (Wildman–Crippen LogP) is 3.40. The molecule has 3 rings (SSSR count). The normalized spacial score (nSPS) is 11.0. The van der Waals surface area contributed by atoms with Gasteiger partial charge in [-0.25, -0.2) is 4.98 Å². The molecule has 6 nitrogen and oxygen atoms in total. The van der Waals surface area contributed by atoms with E-state index >= 15 is 0 Å². The van der Waals surface area contributed by atoms with Crippen LogP contribution in [0.1, 0.15) is 12.0 Å². The van der Waals surface area contributed by atoms with Crippen LogP contribution in [0.3, 0.4) is 0 Å². The summed E-state index contributed by atoms with van der Waals surface area (Å²) >= 11 is 0. The van der Waals surface area contributed by atoms with Crippen molar-refractivity contribution in [2.45, 2.75) is 13.3 Å². The van der Waals surface area contributed by atoms with E-state index in [-0.39, 0.29) is 17.2 Å². The van der Waals surface area contributed by atoms with Gasteiger partial charge in [0.25, 0.3) is 0 Å². The number of benzene rings is 2. The standard InChI is InChI=1S/C17H17N3O3/c1-11-9-15(18-7-4-8-21)17(20(22)23)13-10-12-5-2-3-6-14(12)19-16(11)13/h2-3,5-6,9-10,18,21H,4,7-8H2,1H3. The Balaban J connectivity index is 2.27. The molecule has 0 saturated carbocycles. The molecule has 23 heavy (non-hydrogen) atoms. The van der Waals surface area contributed by atoms with Crippen molar-refractivity contribution in [3.8, 4) is 0 Å². The number of aromatic nitrogens is 1. The number of hydrogen-bond acceptors (Lipinski definition) is 5. The first kappa shape index (κ1) is 15.2. The monoisotopic (exact) mass is 311 g/mol. The smallest absolute Gasteiger partial charge is 0.301 e. The summed E-state index contributed by atoms with van der Waals surface area (Å²) in [6, 6.07) is 11.1. The summed E-state index contributed by atoms with van der Waals surface area (Å²) < 4.78 is 0. The number of aryl methyl sites for hydroxylation is 1. The molecule has 1 heterocycles. The number of nitro benzene ring substituents is 1. The molecule has 0 aliphatic carbocycles. The second-order valence-electron chi connectivity index (χ2n) is 5.43. The minimum Gasteiger partial charge on any atom is -0.396 e. The highest BCUT2D eigenvalue weighted by Crippen LogP contribution is 2.36. The zero-order valence-electron chi connectivity index (χ0n) is 12.7. The lowest BCUT2D eigenvalue weighted by Crippen LogP contribution is -2.07. The van der Waals surface area contributed by atoms with E-state index in [1.165, 1.54) is 0 Å². The van der Waals surface area contributed by atoms with Crippen LogP contribution in [0.15, 0.2) is 36.4 Å². The molecule has 0 aliphatic rings. The Morgan fingerprint density at radius 1 is 1.30 bits per heavy atom. The summed E-state index contributed by atoms with van der Waals surface area (Å²) in [6.45, 7) is 2.41. The molecule has 0 amide bonds. The van der Waals surface area contributed by atoms with Crippen molar-refractivity contribution in [2.75, 3.05) is 18.5 Å².